The summed E-state index contributed by atoms with van der Waals surface area (Å²) < 4.78 is 38.5. The Kier molecular flexibility index (Phi) is 9.33. The number of aliphatic hydroxyl groups is 1. The first kappa shape index (κ1) is 29.5. The van der Waals surface area contributed by atoms with Crippen molar-refractivity contribution in [3.05, 3.63) is 29.8 Å². The van der Waals surface area contributed by atoms with Gasteiger partial charge in [0.2, 0.25) is 10.0 Å². The van der Waals surface area contributed by atoms with Gasteiger partial charge in [0.15, 0.2) is 5.82 Å². The first-order valence-electron chi connectivity index (χ1n) is 13.6. The maximum absolute atomic E-state index is 12.8. The second-order valence-electron chi connectivity index (χ2n) is 10.8. The van der Waals surface area contributed by atoms with Crippen LogP contribution in [0.4, 0.5) is 11.6 Å². The van der Waals surface area contributed by atoms with Crippen molar-refractivity contribution in [2.75, 3.05) is 69.0 Å². The molecule has 0 aliphatic carbocycles. The van der Waals surface area contributed by atoms with Crippen LogP contribution in [0, 0.1) is 6.92 Å². The number of piperazine rings is 1. The van der Waals surface area contributed by atoms with Gasteiger partial charge in [-0.1, -0.05) is 12.1 Å². The zero-order valence-electron chi connectivity index (χ0n) is 23.6. The summed E-state index contributed by atoms with van der Waals surface area (Å²) in [5.74, 6) is 2.75. The number of benzene rings is 1. The van der Waals surface area contributed by atoms with E-state index in [4.69, 9.17) is 19.4 Å². The van der Waals surface area contributed by atoms with Crippen molar-refractivity contribution in [1.29, 1.82) is 0 Å². The van der Waals surface area contributed by atoms with Crippen LogP contribution in [0.5, 0.6) is 5.75 Å². The minimum absolute atomic E-state index is 0.0784. The summed E-state index contributed by atoms with van der Waals surface area (Å²) in [7, 11) is -1.55. The monoisotopic (exact) mass is 562 g/mol. The highest BCUT2D eigenvalue weighted by Crippen LogP contribution is 2.34. The van der Waals surface area contributed by atoms with E-state index in [1.807, 2.05) is 45.0 Å². The topological polar surface area (TPSA) is 129 Å². The Morgan fingerprint density at radius 3 is 2.74 bits per heavy atom. The van der Waals surface area contributed by atoms with E-state index in [0.29, 0.717) is 51.0 Å². The predicted molar refractivity (Wildman–Crippen MR) is 153 cm³/mol. The van der Waals surface area contributed by atoms with Crippen molar-refractivity contribution in [1.82, 2.24) is 19.6 Å². The number of hydrogen-bond acceptors (Lipinski definition) is 10. The number of nitrogens with zero attached hydrogens (tertiary/aromatic N) is 4. The number of anilines is 2. The number of aliphatic hydroxyl groups excluding tert-OH is 1. The number of sulfonamides is 1. The summed E-state index contributed by atoms with van der Waals surface area (Å²) in [5, 5.41) is 16.5. The SMILES string of the molecule is CCS(=O)(=O)N1CCN(c2nc(-c3cccc(OCC(O)CNC)c3)nc(NC3CCOC3)c2C)CC1(C)C. The molecule has 3 heterocycles. The molecule has 216 valence electrons. The van der Waals surface area contributed by atoms with Gasteiger partial charge in [0.1, 0.15) is 30.1 Å². The zero-order chi connectivity index (χ0) is 28.2. The Morgan fingerprint density at radius 1 is 1.28 bits per heavy atom. The molecule has 1 aromatic heterocycles. The van der Waals surface area contributed by atoms with E-state index < -0.39 is 21.7 Å². The van der Waals surface area contributed by atoms with Crippen LogP contribution >= 0.6 is 0 Å². The van der Waals surface area contributed by atoms with Gasteiger partial charge >= 0.3 is 0 Å². The Bertz CT molecular complexity index is 1240. The molecule has 2 aromatic rings. The van der Waals surface area contributed by atoms with Crippen LogP contribution in [0.1, 0.15) is 32.8 Å². The highest BCUT2D eigenvalue weighted by Gasteiger charge is 2.41. The van der Waals surface area contributed by atoms with Crippen LogP contribution in [0.15, 0.2) is 24.3 Å². The van der Waals surface area contributed by atoms with Gasteiger partial charge in [-0.25, -0.2) is 18.4 Å². The predicted octanol–water partition coefficient (Wildman–Crippen LogP) is 1.86. The van der Waals surface area contributed by atoms with Crippen LogP contribution in [-0.2, 0) is 14.8 Å². The van der Waals surface area contributed by atoms with Crippen LogP contribution in [-0.4, -0.2) is 104 Å². The molecule has 1 aromatic carbocycles. The number of nitrogens with one attached hydrogen (secondary N) is 2. The number of rotatable bonds is 11. The molecule has 2 fully saturated rings. The van der Waals surface area contributed by atoms with Gasteiger partial charge in [-0.05, 0) is 53.3 Å². The molecule has 3 N–H and O–H groups in total. The van der Waals surface area contributed by atoms with Crippen LogP contribution < -0.4 is 20.3 Å². The van der Waals surface area contributed by atoms with E-state index in [1.165, 1.54) is 0 Å². The summed E-state index contributed by atoms with van der Waals surface area (Å²) in [5.41, 5.74) is 1.10. The molecular weight excluding hydrogens is 520 g/mol. The minimum Gasteiger partial charge on any atom is -0.491 e. The molecule has 0 spiro atoms. The van der Waals surface area contributed by atoms with Crippen molar-refractivity contribution < 1.29 is 23.0 Å². The molecule has 2 saturated heterocycles. The van der Waals surface area contributed by atoms with Gasteiger partial charge in [0.25, 0.3) is 0 Å². The number of hydrogen-bond donors (Lipinski definition) is 3. The average molecular weight is 563 g/mol. The van der Waals surface area contributed by atoms with Gasteiger partial charge in [-0.2, -0.15) is 4.31 Å². The fourth-order valence-electron chi connectivity index (χ4n) is 5.13. The molecule has 2 unspecified atom stereocenters. The van der Waals surface area contributed by atoms with Crippen molar-refractivity contribution in [3.8, 4) is 17.1 Å². The molecule has 2 atom stereocenters. The molecule has 39 heavy (non-hydrogen) atoms. The number of aromatic nitrogens is 2. The number of ether oxygens (including phenoxy) is 2. The minimum atomic E-state index is -3.33. The standard InChI is InChI=1S/C27H42N6O5S/c1-6-39(35,36)33-12-11-32(18-27(33,3)4)26-19(2)24(29-21-10-13-37-16-21)30-25(31-26)20-8-7-9-23(14-20)38-17-22(34)15-28-5/h7-9,14,21-22,28,34H,6,10-13,15-18H2,1-5H3,(H,29,30,31). The van der Waals surface area contributed by atoms with Crippen molar-refractivity contribution >= 4 is 21.7 Å². The highest BCUT2D eigenvalue weighted by atomic mass is 32.2. The van der Waals surface area contributed by atoms with Gasteiger partial charge in [0, 0.05) is 49.5 Å². The summed E-state index contributed by atoms with van der Waals surface area (Å²) in [6.07, 6.45) is 0.274. The molecule has 2 aliphatic rings. The molecule has 0 radical (unpaired) electrons. The van der Waals surface area contributed by atoms with Gasteiger partial charge in [-0.15, -0.1) is 0 Å². The quantitative estimate of drug-likeness (QED) is 0.373. The largest absolute Gasteiger partial charge is 0.491 e. The van der Waals surface area contributed by atoms with Crippen molar-refractivity contribution in [2.45, 2.75) is 51.8 Å². The fraction of sp³-hybridized carbons (Fsp3) is 0.630. The second kappa shape index (κ2) is 12.3. The lowest BCUT2D eigenvalue weighted by Crippen LogP contribution is -2.61. The first-order valence-corrected chi connectivity index (χ1v) is 15.2. The van der Waals surface area contributed by atoms with Crippen LogP contribution in [0.25, 0.3) is 11.4 Å². The lowest BCUT2D eigenvalue weighted by Gasteiger charge is -2.46. The van der Waals surface area contributed by atoms with Gasteiger partial charge in [-0.3, -0.25) is 0 Å². The summed E-state index contributed by atoms with van der Waals surface area (Å²) in [6.45, 7) is 11.0. The Morgan fingerprint density at radius 2 is 2.08 bits per heavy atom. The molecular formula is C27H42N6O5S. The van der Waals surface area contributed by atoms with Gasteiger partial charge in [0.05, 0.1) is 18.4 Å². The molecule has 0 saturated carbocycles. The van der Waals surface area contributed by atoms with Crippen LogP contribution in [0.2, 0.25) is 0 Å². The summed E-state index contributed by atoms with van der Waals surface area (Å²) in [6, 6.07) is 7.69. The lowest BCUT2D eigenvalue weighted by atomic mass is 10.0. The first-order chi connectivity index (χ1) is 18.5. The highest BCUT2D eigenvalue weighted by molar-refractivity contribution is 7.89. The van der Waals surface area contributed by atoms with E-state index in [0.717, 1.165) is 29.2 Å². The van der Waals surface area contributed by atoms with Crippen molar-refractivity contribution in [2.24, 2.45) is 0 Å². The normalized spacial score (nSPS) is 20.7. The fourth-order valence-corrected chi connectivity index (χ4v) is 6.61. The van der Waals surface area contributed by atoms with E-state index in [1.54, 1.807) is 18.3 Å². The molecule has 11 nitrogen and oxygen atoms in total. The third kappa shape index (κ3) is 6.98. The summed E-state index contributed by atoms with van der Waals surface area (Å²) >= 11 is 0. The molecule has 2 aliphatic heterocycles. The van der Waals surface area contributed by atoms with Crippen molar-refractivity contribution in [3.63, 3.8) is 0 Å². The van der Waals surface area contributed by atoms with Crippen LogP contribution in [0.3, 0.4) is 0 Å². The van der Waals surface area contributed by atoms with E-state index >= 15 is 0 Å². The molecule has 12 heteroatoms. The third-order valence-corrected chi connectivity index (χ3v) is 9.27. The molecule has 0 bridgehead atoms. The zero-order valence-corrected chi connectivity index (χ0v) is 24.4. The molecule has 0 amide bonds. The maximum atomic E-state index is 12.8. The Labute approximate surface area is 232 Å². The van der Waals surface area contributed by atoms with E-state index in [9.17, 15) is 13.5 Å². The lowest BCUT2D eigenvalue weighted by molar-refractivity contribution is 0.108. The maximum Gasteiger partial charge on any atom is 0.214 e. The second-order valence-corrected chi connectivity index (χ2v) is 13.0. The van der Waals surface area contributed by atoms with E-state index in [2.05, 4.69) is 15.5 Å². The van der Waals surface area contributed by atoms with E-state index in [-0.39, 0.29) is 18.4 Å². The average Bonchev–Trinajstić information content (AvgIpc) is 3.41. The third-order valence-electron chi connectivity index (χ3n) is 7.19. The smallest absolute Gasteiger partial charge is 0.214 e. The molecule has 4 rings (SSSR count). The van der Waals surface area contributed by atoms with Gasteiger partial charge < -0.3 is 30.1 Å². The number of likely N-dealkylation sites (N-methyl/N-ethyl adjacent to an activating group) is 1. The Hall–Kier alpha value is -2.51. The summed E-state index contributed by atoms with van der Waals surface area (Å²) in [4.78, 5) is 12.1. The Balaban J connectivity index is 1.67.